The molecule has 0 amide bonds. The Morgan fingerprint density at radius 3 is 2.42 bits per heavy atom. The van der Waals surface area contributed by atoms with Crippen LogP contribution >= 0.6 is 0 Å². The van der Waals surface area contributed by atoms with E-state index in [0.29, 0.717) is 25.3 Å². The Hall–Kier alpha value is -2.44. The molecule has 0 bridgehead atoms. The molecule has 6 heteroatoms. The molecule has 24 heavy (non-hydrogen) atoms. The second-order valence-corrected chi connectivity index (χ2v) is 5.54. The molecule has 0 radical (unpaired) electrons. The first-order valence-corrected chi connectivity index (χ1v) is 7.78. The van der Waals surface area contributed by atoms with Crippen LogP contribution in [0, 0.1) is 0 Å². The van der Waals surface area contributed by atoms with Gasteiger partial charge in [0.1, 0.15) is 5.82 Å². The number of rotatable bonds is 9. The zero-order valence-electron chi connectivity index (χ0n) is 14.0. The van der Waals surface area contributed by atoms with E-state index in [1.807, 2.05) is 42.4 Å². The number of ether oxygens (including phenoxy) is 1. The van der Waals surface area contributed by atoms with Crippen LogP contribution < -0.4 is 10.2 Å². The summed E-state index contributed by atoms with van der Waals surface area (Å²) in [5.41, 5.74) is 2.45. The summed E-state index contributed by atoms with van der Waals surface area (Å²) in [6.07, 6.45) is 1.86. The summed E-state index contributed by atoms with van der Waals surface area (Å²) >= 11 is 0. The molecule has 1 aromatic carbocycles. The van der Waals surface area contributed by atoms with E-state index in [1.165, 1.54) is 0 Å². The van der Waals surface area contributed by atoms with Gasteiger partial charge < -0.3 is 20.1 Å². The van der Waals surface area contributed by atoms with Crippen molar-refractivity contribution in [3.05, 3.63) is 59.3 Å². The summed E-state index contributed by atoms with van der Waals surface area (Å²) in [5.74, 6) is 0.0104. The third kappa shape index (κ3) is 5.33. The monoisotopic (exact) mass is 329 g/mol. The van der Waals surface area contributed by atoms with Crippen LogP contribution in [0.15, 0.2) is 42.6 Å². The highest BCUT2D eigenvalue weighted by Gasteiger charge is 2.03. The van der Waals surface area contributed by atoms with Gasteiger partial charge in [-0.1, -0.05) is 18.2 Å². The largest absolute Gasteiger partial charge is 0.478 e. The van der Waals surface area contributed by atoms with Crippen molar-refractivity contribution in [1.29, 1.82) is 0 Å². The van der Waals surface area contributed by atoms with Crippen molar-refractivity contribution in [3.63, 3.8) is 0 Å². The minimum Gasteiger partial charge on any atom is -0.478 e. The topological polar surface area (TPSA) is 74.7 Å². The van der Waals surface area contributed by atoms with E-state index in [0.717, 1.165) is 23.5 Å². The highest BCUT2D eigenvalue weighted by Crippen LogP contribution is 2.10. The van der Waals surface area contributed by atoms with E-state index in [2.05, 4.69) is 10.3 Å². The molecule has 2 rings (SSSR count). The fraction of sp³-hybridized carbons (Fsp3) is 0.333. The molecule has 0 saturated heterocycles. The second-order valence-electron chi connectivity index (χ2n) is 5.54. The highest BCUT2D eigenvalue weighted by atomic mass is 16.5. The number of aromatic nitrogens is 1. The van der Waals surface area contributed by atoms with Crippen LogP contribution in [-0.2, 0) is 17.8 Å². The third-order valence-corrected chi connectivity index (χ3v) is 3.69. The van der Waals surface area contributed by atoms with Crippen molar-refractivity contribution < 1.29 is 14.6 Å². The number of methoxy groups -OCH3 is 1. The lowest BCUT2D eigenvalue weighted by atomic mass is 10.1. The summed E-state index contributed by atoms with van der Waals surface area (Å²) in [4.78, 5) is 17.3. The van der Waals surface area contributed by atoms with Gasteiger partial charge in [0.25, 0.3) is 0 Å². The first-order chi connectivity index (χ1) is 11.6. The molecule has 0 atom stereocenters. The standard InChI is InChI=1S/C18H23N3O3/c1-21(9-10-24-2)17-8-5-15(13-20-17)12-19-11-14-3-6-16(7-4-14)18(22)23/h3-8,13,19H,9-12H2,1-2H3,(H,22,23). The number of nitrogens with zero attached hydrogens (tertiary/aromatic N) is 2. The van der Waals surface area contributed by atoms with Crippen molar-refractivity contribution >= 4 is 11.8 Å². The van der Waals surface area contributed by atoms with Gasteiger partial charge in [0, 0.05) is 40.0 Å². The number of pyridine rings is 1. The minimum atomic E-state index is -0.906. The Kier molecular flexibility index (Phi) is 6.72. The van der Waals surface area contributed by atoms with E-state index in [-0.39, 0.29) is 0 Å². The molecule has 0 aliphatic rings. The van der Waals surface area contributed by atoms with E-state index < -0.39 is 5.97 Å². The molecule has 0 fully saturated rings. The minimum absolute atomic E-state index is 0.302. The van der Waals surface area contributed by atoms with Crippen LogP contribution in [-0.4, -0.2) is 43.4 Å². The van der Waals surface area contributed by atoms with Crippen LogP contribution in [0.25, 0.3) is 0 Å². The quantitative estimate of drug-likeness (QED) is 0.734. The van der Waals surface area contributed by atoms with Crippen molar-refractivity contribution in [2.75, 3.05) is 32.2 Å². The van der Waals surface area contributed by atoms with Crippen LogP contribution in [0.2, 0.25) is 0 Å². The summed E-state index contributed by atoms with van der Waals surface area (Å²) in [6.45, 7) is 2.85. The lowest BCUT2D eigenvalue weighted by Crippen LogP contribution is -2.23. The van der Waals surface area contributed by atoms with Crippen LogP contribution in [0.1, 0.15) is 21.5 Å². The molecule has 128 valence electrons. The number of carboxylic acid groups (broad SMARTS) is 1. The maximum Gasteiger partial charge on any atom is 0.335 e. The van der Waals surface area contributed by atoms with Crippen LogP contribution in [0.4, 0.5) is 5.82 Å². The number of carboxylic acids is 1. The normalized spacial score (nSPS) is 10.6. The van der Waals surface area contributed by atoms with Gasteiger partial charge in [-0.3, -0.25) is 0 Å². The van der Waals surface area contributed by atoms with Gasteiger partial charge in [-0.25, -0.2) is 9.78 Å². The molecule has 2 N–H and O–H groups in total. The highest BCUT2D eigenvalue weighted by molar-refractivity contribution is 5.87. The Labute approximate surface area is 142 Å². The SMILES string of the molecule is COCCN(C)c1ccc(CNCc2ccc(C(=O)O)cc2)cn1. The Balaban J connectivity index is 1.80. The van der Waals surface area contributed by atoms with Gasteiger partial charge in [-0.2, -0.15) is 0 Å². The fourth-order valence-corrected chi connectivity index (χ4v) is 2.21. The molecule has 1 aromatic heterocycles. The fourth-order valence-electron chi connectivity index (χ4n) is 2.21. The molecule has 0 spiro atoms. The third-order valence-electron chi connectivity index (χ3n) is 3.69. The first-order valence-electron chi connectivity index (χ1n) is 7.78. The number of aromatic carboxylic acids is 1. The van der Waals surface area contributed by atoms with E-state index in [1.54, 1.807) is 19.2 Å². The average molecular weight is 329 g/mol. The van der Waals surface area contributed by atoms with Gasteiger partial charge in [-0.15, -0.1) is 0 Å². The number of benzene rings is 1. The molecular formula is C18H23N3O3. The van der Waals surface area contributed by atoms with Crippen molar-refractivity contribution in [3.8, 4) is 0 Å². The molecule has 0 saturated carbocycles. The number of likely N-dealkylation sites (N-methyl/N-ethyl adjacent to an activating group) is 1. The summed E-state index contributed by atoms with van der Waals surface area (Å²) in [6, 6.07) is 10.9. The summed E-state index contributed by atoms with van der Waals surface area (Å²) in [7, 11) is 3.67. The van der Waals surface area contributed by atoms with E-state index >= 15 is 0 Å². The van der Waals surface area contributed by atoms with Crippen molar-refractivity contribution in [1.82, 2.24) is 10.3 Å². The van der Waals surface area contributed by atoms with E-state index in [4.69, 9.17) is 9.84 Å². The van der Waals surface area contributed by atoms with Gasteiger partial charge >= 0.3 is 5.97 Å². The van der Waals surface area contributed by atoms with Crippen molar-refractivity contribution in [2.24, 2.45) is 0 Å². The van der Waals surface area contributed by atoms with E-state index in [9.17, 15) is 4.79 Å². The zero-order chi connectivity index (χ0) is 17.4. The number of nitrogens with one attached hydrogen (secondary N) is 1. The molecule has 0 aliphatic carbocycles. The Morgan fingerprint density at radius 2 is 1.83 bits per heavy atom. The predicted molar refractivity (Wildman–Crippen MR) is 93.3 cm³/mol. The molecule has 2 aromatic rings. The lowest BCUT2D eigenvalue weighted by molar-refractivity contribution is 0.0697. The maximum atomic E-state index is 10.8. The Morgan fingerprint density at radius 1 is 1.17 bits per heavy atom. The molecule has 1 heterocycles. The second kappa shape index (κ2) is 9.00. The van der Waals surface area contributed by atoms with Crippen molar-refractivity contribution in [2.45, 2.75) is 13.1 Å². The smallest absolute Gasteiger partial charge is 0.335 e. The molecule has 0 aliphatic heterocycles. The number of carbonyl (C=O) groups is 1. The molecular weight excluding hydrogens is 306 g/mol. The number of anilines is 1. The lowest BCUT2D eigenvalue weighted by Gasteiger charge is -2.17. The Bertz CT molecular complexity index is 642. The van der Waals surface area contributed by atoms with Crippen LogP contribution in [0.5, 0.6) is 0 Å². The molecule has 0 unspecified atom stereocenters. The van der Waals surface area contributed by atoms with Crippen LogP contribution in [0.3, 0.4) is 0 Å². The van der Waals surface area contributed by atoms with Gasteiger partial charge in [-0.05, 0) is 29.3 Å². The molecule has 6 nitrogen and oxygen atoms in total. The zero-order valence-corrected chi connectivity index (χ0v) is 14.0. The summed E-state index contributed by atoms with van der Waals surface area (Å²) < 4.78 is 5.06. The van der Waals surface area contributed by atoms with Gasteiger partial charge in [0.2, 0.25) is 0 Å². The maximum absolute atomic E-state index is 10.8. The number of hydrogen-bond donors (Lipinski definition) is 2. The van der Waals surface area contributed by atoms with Gasteiger partial charge in [0.05, 0.1) is 12.2 Å². The average Bonchev–Trinajstić information content (AvgIpc) is 2.60. The number of hydrogen-bond acceptors (Lipinski definition) is 5. The summed E-state index contributed by atoms with van der Waals surface area (Å²) in [5, 5.41) is 12.2. The van der Waals surface area contributed by atoms with Gasteiger partial charge in [0.15, 0.2) is 0 Å². The first kappa shape index (κ1) is 17.9. The predicted octanol–water partition coefficient (Wildman–Crippen LogP) is 2.15.